The highest BCUT2D eigenvalue weighted by atomic mass is 32.2. The number of anilines is 3. The van der Waals surface area contributed by atoms with Crippen molar-refractivity contribution in [3.05, 3.63) is 40.7 Å². The standard InChI is InChI=1S/C18H26N6O5S/c1-4-23(5-2)30(27,28)15-9-7-14(8-10-15)22-18-16(24(25)26)17(20-13-21-18)19-11-6-12-29-3/h7-10,13H,4-6,11-12H2,1-3H3,(H2,19,20,21,22). The second-order valence-electron chi connectivity index (χ2n) is 6.19. The number of methoxy groups -OCH3 is 1. The van der Waals surface area contributed by atoms with E-state index in [9.17, 15) is 18.5 Å². The zero-order valence-corrected chi connectivity index (χ0v) is 18.0. The maximum atomic E-state index is 12.6. The summed E-state index contributed by atoms with van der Waals surface area (Å²) in [4.78, 5) is 19.1. The number of nitro groups is 1. The monoisotopic (exact) mass is 438 g/mol. The van der Waals surface area contributed by atoms with Crippen LogP contribution in [-0.4, -0.2) is 61.0 Å². The van der Waals surface area contributed by atoms with Crippen LogP contribution < -0.4 is 10.6 Å². The zero-order valence-electron chi connectivity index (χ0n) is 17.2. The molecule has 0 amide bonds. The summed E-state index contributed by atoms with van der Waals surface area (Å²) >= 11 is 0. The molecular formula is C18H26N6O5S. The fourth-order valence-electron chi connectivity index (χ4n) is 2.76. The molecule has 11 nitrogen and oxygen atoms in total. The third-order valence-corrected chi connectivity index (χ3v) is 6.35. The molecule has 0 unspecified atom stereocenters. The Morgan fingerprint density at radius 2 is 1.77 bits per heavy atom. The molecule has 2 aromatic rings. The van der Waals surface area contributed by atoms with Gasteiger partial charge in [-0.3, -0.25) is 10.1 Å². The summed E-state index contributed by atoms with van der Waals surface area (Å²) in [7, 11) is -2.01. The van der Waals surface area contributed by atoms with Crippen molar-refractivity contribution in [1.29, 1.82) is 0 Å². The first-order valence-electron chi connectivity index (χ1n) is 9.44. The number of hydrogen-bond donors (Lipinski definition) is 2. The van der Waals surface area contributed by atoms with Gasteiger partial charge >= 0.3 is 5.69 Å². The van der Waals surface area contributed by atoms with E-state index >= 15 is 0 Å². The summed E-state index contributed by atoms with van der Waals surface area (Å²) in [5.74, 6) is 0.0953. The van der Waals surface area contributed by atoms with Gasteiger partial charge in [-0.2, -0.15) is 4.31 Å². The predicted octanol–water partition coefficient (Wildman–Crippen LogP) is 2.61. The van der Waals surface area contributed by atoms with Crippen LogP contribution >= 0.6 is 0 Å². The topological polar surface area (TPSA) is 140 Å². The molecule has 1 aromatic heterocycles. The van der Waals surface area contributed by atoms with Crippen molar-refractivity contribution in [1.82, 2.24) is 14.3 Å². The van der Waals surface area contributed by atoms with E-state index in [4.69, 9.17) is 4.74 Å². The van der Waals surface area contributed by atoms with Crippen molar-refractivity contribution >= 4 is 33.0 Å². The van der Waals surface area contributed by atoms with E-state index < -0.39 is 14.9 Å². The minimum absolute atomic E-state index is 0.00333. The first-order valence-corrected chi connectivity index (χ1v) is 10.9. The van der Waals surface area contributed by atoms with Crippen LogP contribution in [0.3, 0.4) is 0 Å². The number of sulfonamides is 1. The number of nitrogens with zero attached hydrogens (tertiary/aromatic N) is 4. The molecule has 164 valence electrons. The fraction of sp³-hybridized carbons (Fsp3) is 0.444. The van der Waals surface area contributed by atoms with Crippen LogP contribution in [0.1, 0.15) is 20.3 Å². The number of hydrogen-bond acceptors (Lipinski definition) is 9. The average molecular weight is 439 g/mol. The van der Waals surface area contributed by atoms with Gasteiger partial charge in [0.25, 0.3) is 0 Å². The van der Waals surface area contributed by atoms with Crippen LogP contribution in [0, 0.1) is 10.1 Å². The summed E-state index contributed by atoms with van der Waals surface area (Å²) in [6.45, 7) is 5.24. The summed E-state index contributed by atoms with van der Waals surface area (Å²) in [5.41, 5.74) is 0.162. The second-order valence-corrected chi connectivity index (χ2v) is 8.13. The highest BCUT2D eigenvalue weighted by Crippen LogP contribution is 2.31. The molecule has 0 saturated heterocycles. The van der Waals surface area contributed by atoms with Gasteiger partial charge in [0, 0.05) is 39.0 Å². The third kappa shape index (κ3) is 5.62. The summed E-state index contributed by atoms with van der Waals surface area (Å²) in [6, 6.07) is 5.97. The van der Waals surface area contributed by atoms with Crippen molar-refractivity contribution in [3.63, 3.8) is 0 Å². The molecule has 1 heterocycles. The molecule has 1 aromatic carbocycles. The van der Waals surface area contributed by atoms with E-state index in [2.05, 4.69) is 20.6 Å². The zero-order chi connectivity index (χ0) is 22.1. The van der Waals surface area contributed by atoms with Crippen molar-refractivity contribution < 1.29 is 18.1 Å². The van der Waals surface area contributed by atoms with Crippen LogP contribution in [-0.2, 0) is 14.8 Å². The lowest BCUT2D eigenvalue weighted by Gasteiger charge is -2.18. The summed E-state index contributed by atoms with van der Waals surface area (Å²) in [6.07, 6.45) is 1.87. The number of aromatic nitrogens is 2. The van der Waals surface area contributed by atoms with Gasteiger partial charge in [-0.05, 0) is 30.7 Å². The van der Waals surface area contributed by atoms with Crippen molar-refractivity contribution in [2.75, 3.05) is 44.0 Å². The quantitative estimate of drug-likeness (QED) is 0.291. The predicted molar refractivity (Wildman–Crippen MR) is 114 cm³/mol. The molecule has 0 saturated carbocycles. The average Bonchev–Trinajstić information content (AvgIpc) is 2.72. The fourth-order valence-corrected chi connectivity index (χ4v) is 4.21. The Balaban J connectivity index is 2.24. The van der Waals surface area contributed by atoms with Gasteiger partial charge in [-0.15, -0.1) is 0 Å². The Labute approximate surface area is 175 Å². The smallest absolute Gasteiger partial charge is 0.353 e. The maximum Gasteiger partial charge on any atom is 0.353 e. The van der Waals surface area contributed by atoms with Gasteiger partial charge in [0.2, 0.25) is 21.7 Å². The SMILES string of the molecule is CCN(CC)S(=O)(=O)c1ccc(Nc2ncnc(NCCCOC)c2[N+](=O)[O-])cc1. The lowest BCUT2D eigenvalue weighted by molar-refractivity contribution is -0.383. The molecule has 30 heavy (non-hydrogen) atoms. The van der Waals surface area contributed by atoms with Crippen LogP contribution in [0.2, 0.25) is 0 Å². The summed E-state index contributed by atoms with van der Waals surface area (Å²) in [5, 5.41) is 17.4. The van der Waals surface area contributed by atoms with Gasteiger partial charge in [0.05, 0.1) is 9.82 Å². The van der Waals surface area contributed by atoms with Gasteiger partial charge in [-0.1, -0.05) is 13.8 Å². The Bertz CT molecular complexity index is 948. The minimum Gasteiger partial charge on any atom is -0.385 e. The lowest BCUT2D eigenvalue weighted by Crippen LogP contribution is -2.30. The Kier molecular flexibility index (Phi) is 8.45. The van der Waals surface area contributed by atoms with E-state index in [1.807, 2.05) is 0 Å². The summed E-state index contributed by atoms with van der Waals surface area (Å²) < 4.78 is 31.5. The number of benzene rings is 1. The molecule has 2 N–H and O–H groups in total. The largest absolute Gasteiger partial charge is 0.385 e. The van der Waals surface area contributed by atoms with E-state index in [1.54, 1.807) is 21.0 Å². The second kappa shape index (κ2) is 10.8. The Morgan fingerprint density at radius 1 is 1.13 bits per heavy atom. The highest BCUT2D eigenvalue weighted by molar-refractivity contribution is 7.89. The van der Waals surface area contributed by atoms with Crippen molar-refractivity contribution in [3.8, 4) is 0 Å². The number of nitrogens with one attached hydrogen (secondary N) is 2. The van der Waals surface area contributed by atoms with Gasteiger partial charge in [-0.25, -0.2) is 18.4 Å². The van der Waals surface area contributed by atoms with E-state index in [1.165, 1.54) is 34.9 Å². The molecule has 2 rings (SSSR count). The third-order valence-electron chi connectivity index (χ3n) is 4.28. The number of ether oxygens (including phenoxy) is 1. The molecule has 12 heteroatoms. The van der Waals surface area contributed by atoms with Crippen LogP contribution in [0.5, 0.6) is 0 Å². The molecular weight excluding hydrogens is 412 g/mol. The maximum absolute atomic E-state index is 12.6. The van der Waals surface area contributed by atoms with E-state index in [-0.39, 0.29) is 22.2 Å². The van der Waals surface area contributed by atoms with E-state index in [0.29, 0.717) is 38.3 Å². The van der Waals surface area contributed by atoms with Crippen LogP contribution in [0.4, 0.5) is 23.0 Å². The van der Waals surface area contributed by atoms with Crippen LogP contribution in [0.15, 0.2) is 35.5 Å². The molecule has 0 bridgehead atoms. The molecule has 0 radical (unpaired) electrons. The molecule has 0 spiro atoms. The highest BCUT2D eigenvalue weighted by Gasteiger charge is 2.24. The van der Waals surface area contributed by atoms with Gasteiger partial charge in [0.1, 0.15) is 6.33 Å². The molecule has 0 aliphatic rings. The first kappa shape index (κ1) is 23.4. The van der Waals surface area contributed by atoms with Gasteiger partial charge < -0.3 is 15.4 Å². The van der Waals surface area contributed by atoms with E-state index in [0.717, 1.165) is 0 Å². The van der Waals surface area contributed by atoms with Crippen LogP contribution in [0.25, 0.3) is 0 Å². The Morgan fingerprint density at radius 3 is 2.33 bits per heavy atom. The van der Waals surface area contributed by atoms with Crippen molar-refractivity contribution in [2.45, 2.75) is 25.2 Å². The molecule has 0 aliphatic heterocycles. The first-order chi connectivity index (χ1) is 14.3. The normalized spacial score (nSPS) is 11.5. The minimum atomic E-state index is -3.58. The molecule has 0 fully saturated rings. The number of rotatable bonds is 12. The molecule has 0 aliphatic carbocycles. The van der Waals surface area contributed by atoms with Gasteiger partial charge in [0.15, 0.2) is 0 Å². The Hall–Kier alpha value is -2.83. The molecule has 0 atom stereocenters. The van der Waals surface area contributed by atoms with Crippen molar-refractivity contribution in [2.24, 2.45) is 0 Å². The lowest BCUT2D eigenvalue weighted by atomic mass is 10.3.